The molecule has 2 aromatic rings. The van der Waals surface area contributed by atoms with Crippen LogP contribution in [0.3, 0.4) is 0 Å². The maximum Gasteiger partial charge on any atom is 0.256 e. The van der Waals surface area contributed by atoms with E-state index in [1.807, 2.05) is 105 Å². The first kappa shape index (κ1) is 41.5. The van der Waals surface area contributed by atoms with Crippen LogP contribution in [0.2, 0.25) is 18.1 Å². The number of rotatable bonds is 8. The largest absolute Gasteiger partial charge is 0.543 e. The minimum absolute atomic E-state index is 0.00198. The normalized spacial score (nSPS) is 15.3. The molecular formula is C46H54N6O3Si. The van der Waals surface area contributed by atoms with Crippen molar-refractivity contribution in [3.8, 4) is 28.7 Å². The zero-order valence-electron chi connectivity index (χ0n) is 34.5. The third-order valence-electron chi connectivity index (χ3n) is 9.78. The standard InChI is InChI=1S/C46H54N6O3Si/c1-44(2,3)51-43(53)38-35-23-15-13-14-22-34(35)37(42(38)55-56(11,12)46(7,8)9)40-39(49-10)41(54-52(40)45(4,5)6)33-21-17-19-31(27-33)25-24-30-18-16-20-32(26-30)28-50-29-36(47)48/h13-23,26-28,40H,29H2,1-9,11-12H3,(H3,47,48)(H,51,53). The zero-order chi connectivity index (χ0) is 41.2. The number of benzene rings is 2. The van der Waals surface area contributed by atoms with Gasteiger partial charge in [-0.1, -0.05) is 87.2 Å². The molecular weight excluding hydrogens is 713 g/mol. The summed E-state index contributed by atoms with van der Waals surface area (Å²) in [6.07, 6.45) is 1.68. The van der Waals surface area contributed by atoms with Gasteiger partial charge in [0.25, 0.3) is 14.2 Å². The van der Waals surface area contributed by atoms with Crippen molar-refractivity contribution in [1.29, 1.82) is 5.41 Å². The molecule has 10 heteroatoms. The highest BCUT2D eigenvalue weighted by molar-refractivity contribution is 6.74. The van der Waals surface area contributed by atoms with E-state index in [2.05, 4.69) is 81.6 Å². The maximum atomic E-state index is 14.4. The van der Waals surface area contributed by atoms with Crippen molar-refractivity contribution >= 4 is 32.0 Å². The lowest BCUT2D eigenvalue weighted by Crippen LogP contribution is -2.45. The Hall–Kier alpha value is -5.68. The fraction of sp³-hybridized carbons (Fsp3) is 0.348. The average molecular weight is 767 g/mol. The van der Waals surface area contributed by atoms with Gasteiger partial charge in [0.05, 0.1) is 18.7 Å². The Bertz CT molecular complexity index is 2290. The number of hydrogen-bond acceptors (Lipinski definition) is 6. The molecule has 0 bridgehead atoms. The summed E-state index contributed by atoms with van der Waals surface area (Å²) in [7, 11) is -2.56. The van der Waals surface area contributed by atoms with Crippen molar-refractivity contribution in [2.45, 2.75) is 97.6 Å². The maximum absolute atomic E-state index is 14.4. The summed E-state index contributed by atoms with van der Waals surface area (Å²) in [6, 6.07) is 24.5. The minimum atomic E-state index is -2.56. The molecule has 56 heavy (non-hydrogen) atoms. The van der Waals surface area contributed by atoms with Crippen LogP contribution in [0.1, 0.15) is 107 Å². The third kappa shape index (κ3) is 9.22. The van der Waals surface area contributed by atoms with Crippen molar-refractivity contribution in [3.63, 3.8) is 0 Å². The number of aliphatic imine (C=N–C) groups is 1. The number of amidine groups is 1. The van der Waals surface area contributed by atoms with E-state index in [-0.39, 0.29) is 23.3 Å². The third-order valence-corrected chi connectivity index (χ3v) is 14.1. The van der Waals surface area contributed by atoms with Gasteiger partial charge in [0.15, 0.2) is 5.76 Å². The van der Waals surface area contributed by atoms with Crippen LogP contribution < -0.4 is 15.5 Å². The van der Waals surface area contributed by atoms with Gasteiger partial charge < -0.3 is 20.3 Å². The molecule has 1 heterocycles. The number of fused-ring (bicyclic) bond motifs is 1. The van der Waals surface area contributed by atoms with E-state index in [1.54, 1.807) is 6.21 Å². The molecule has 5 rings (SSSR count). The second-order valence-electron chi connectivity index (χ2n) is 17.7. The summed E-state index contributed by atoms with van der Waals surface area (Å²) in [5.41, 5.74) is 10.6. The highest BCUT2D eigenvalue weighted by atomic mass is 28.4. The summed E-state index contributed by atoms with van der Waals surface area (Å²) in [5, 5.41) is 12.3. The topological polar surface area (TPSA) is 117 Å². The van der Waals surface area contributed by atoms with E-state index in [0.29, 0.717) is 28.3 Å². The highest BCUT2D eigenvalue weighted by Gasteiger charge is 2.49. The molecule has 1 amide bonds. The summed E-state index contributed by atoms with van der Waals surface area (Å²) in [4.78, 5) is 29.7. The van der Waals surface area contributed by atoms with Crippen LogP contribution in [0.5, 0.6) is 5.75 Å². The van der Waals surface area contributed by atoms with Gasteiger partial charge in [-0.15, -0.1) is 5.06 Å². The molecule has 0 saturated heterocycles. The molecule has 9 nitrogen and oxygen atoms in total. The molecule has 0 saturated carbocycles. The minimum Gasteiger partial charge on any atom is -0.543 e. The molecule has 0 spiro atoms. The van der Waals surface area contributed by atoms with Crippen molar-refractivity contribution < 1.29 is 14.1 Å². The van der Waals surface area contributed by atoms with Crippen LogP contribution in [-0.4, -0.2) is 49.0 Å². The first-order chi connectivity index (χ1) is 26.1. The molecule has 0 aromatic heterocycles. The van der Waals surface area contributed by atoms with E-state index in [1.165, 1.54) is 0 Å². The number of hydroxylamine groups is 2. The Kier molecular flexibility index (Phi) is 11.7. The Morgan fingerprint density at radius 3 is 2.18 bits per heavy atom. The van der Waals surface area contributed by atoms with Crippen molar-refractivity contribution in [2.24, 2.45) is 10.7 Å². The molecule has 2 aliphatic carbocycles. The van der Waals surface area contributed by atoms with Gasteiger partial charge in [-0.2, -0.15) is 0 Å². The molecule has 1 atom stereocenters. The number of carbonyl (C=O) groups is 1. The average Bonchev–Trinajstić information content (AvgIpc) is 3.51. The van der Waals surface area contributed by atoms with Crippen LogP contribution in [0.15, 0.2) is 89.6 Å². The van der Waals surface area contributed by atoms with Gasteiger partial charge in [0.1, 0.15) is 17.6 Å². The number of amides is 1. The lowest BCUT2D eigenvalue weighted by Gasteiger charge is -2.39. The van der Waals surface area contributed by atoms with Gasteiger partial charge in [-0.3, -0.25) is 15.2 Å². The van der Waals surface area contributed by atoms with Crippen LogP contribution >= 0.6 is 0 Å². The molecule has 0 radical (unpaired) electrons. The van der Waals surface area contributed by atoms with Crippen molar-refractivity contribution in [1.82, 2.24) is 10.4 Å². The van der Waals surface area contributed by atoms with Gasteiger partial charge in [0.2, 0.25) is 5.70 Å². The first-order valence-electron chi connectivity index (χ1n) is 18.8. The zero-order valence-corrected chi connectivity index (χ0v) is 35.5. The number of carbonyl (C=O) groups excluding carboxylic acids is 1. The smallest absolute Gasteiger partial charge is 0.256 e. The molecule has 290 valence electrons. The first-order valence-corrected chi connectivity index (χ1v) is 21.7. The van der Waals surface area contributed by atoms with Crippen molar-refractivity contribution in [2.75, 3.05) is 6.54 Å². The highest BCUT2D eigenvalue weighted by Crippen LogP contribution is 2.56. The monoisotopic (exact) mass is 766 g/mol. The van der Waals surface area contributed by atoms with Crippen LogP contribution in [-0.2, 0) is 4.84 Å². The van der Waals surface area contributed by atoms with E-state index in [4.69, 9.17) is 27.0 Å². The Morgan fingerprint density at radius 1 is 0.964 bits per heavy atom. The summed E-state index contributed by atoms with van der Waals surface area (Å²) in [5.74, 6) is 7.22. The SMILES string of the molecule is [C-]#[N+]C1=C(c2cccc(C#Cc3cccc(C=NCC(=N)N)c3)c2)ON(C(C)(C)C)C1c1c2cccccc-2c(C(=O)NC(C)(C)C)c1O[Si](C)(C)C(C)(C)C. The number of nitrogens with zero attached hydrogens (tertiary/aromatic N) is 3. The lowest BCUT2D eigenvalue weighted by molar-refractivity contribution is -0.157. The van der Waals surface area contributed by atoms with Crippen molar-refractivity contribution in [3.05, 3.63) is 129 Å². The van der Waals surface area contributed by atoms with E-state index >= 15 is 0 Å². The number of hydrogen-bond donors (Lipinski definition) is 3. The summed E-state index contributed by atoms with van der Waals surface area (Å²) >= 11 is 0. The summed E-state index contributed by atoms with van der Waals surface area (Å²) < 4.78 is 7.25. The quantitative estimate of drug-likeness (QED) is 0.0543. The second kappa shape index (κ2) is 15.8. The molecule has 2 aromatic carbocycles. The Labute approximate surface area is 333 Å². The second-order valence-corrected chi connectivity index (χ2v) is 22.4. The van der Waals surface area contributed by atoms with Crippen LogP contribution in [0.25, 0.3) is 21.7 Å². The fourth-order valence-electron chi connectivity index (χ4n) is 6.15. The lowest BCUT2D eigenvalue weighted by atomic mass is 9.95. The number of nitrogens with one attached hydrogen (secondary N) is 2. The van der Waals surface area contributed by atoms with Crippen LogP contribution in [0.4, 0.5) is 0 Å². The predicted molar refractivity (Wildman–Crippen MR) is 230 cm³/mol. The van der Waals surface area contributed by atoms with Gasteiger partial charge >= 0.3 is 0 Å². The fourth-order valence-corrected chi connectivity index (χ4v) is 7.17. The molecule has 0 fully saturated rings. The van der Waals surface area contributed by atoms with E-state index in [9.17, 15) is 4.79 Å². The van der Waals surface area contributed by atoms with Crippen LogP contribution in [0, 0.1) is 23.8 Å². The van der Waals surface area contributed by atoms with E-state index < -0.39 is 25.4 Å². The summed E-state index contributed by atoms with van der Waals surface area (Å²) in [6.45, 7) is 31.8. The molecule has 3 aliphatic rings. The van der Waals surface area contributed by atoms with E-state index in [0.717, 1.165) is 33.4 Å². The number of nitrogens with two attached hydrogens (primary N) is 1. The molecule has 1 aliphatic heterocycles. The Balaban J connectivity index is 1.72. The van der Waals surface area contributed by atoms with Gasteiger partial charge in [-0.25, -0.2) is 4.85 Å². The molecule has 4 N–H and O–H groups in total. The Morgan fingerprint density at radius 2 is 1.59 bits per heavy atom. The van der Waals surface area contributed by atoms with Gasteiger partial charge in [0, 0.05) is 39.5 Å². The predicted octanol–water partition coefficient (Wildman–Crippen LogP) is 9.83. The molecule has 1 unspecified atom stereocenters. The van der Waals surface area contributed by atoms with Gasteiger partial charge in [-0.05, 0) is 101 Å².